The smallest absolute Gasteiger partial charge is 0.276 e. The molecule has 6 rings (SSSR count). The van der Waals surface area contributed by atoms with E-state index >= 15 is 0 Å². The molecule has 1 spiro atoms. The van der Waals surface area contributed by atoms with Gasteiger partial charge in [-0.1, -0.05) is 12.1 Å². The maximum absolute atomic E-state index is 14.6. The van der Waals surface area contributed by atoms with E-state index in [0.29, 0.717) is 28.0 Å². The number of benzene rings is 1. The number of anilines is 2. The molecule has 4 aromatic rings. The molecule has 1 aromatic carbocycles. The SMILES string of the molecule is C=CCn1c(=O)c2cnc(Nc3ccc4c(c3)CNCC43CC3)cc2n1-c1ccnc(C(C)(C)F)n1. The van der Waals surface area contributed by atoms with Crippen molar-refractivity contribution >= 4 is 22.4 Å². The number of rotatable bonds is 6. The summed E-state index contributed by atoms with van der Waals surface area (Å²) in [6, 6.07) is 9.96. The van der Waals surface area contributed by atoms with E-state index in [0.717, 1.165) is 18.8 Å². The van der Waals surface area contributed by atoms with Crippen LogP contribution in [0.25, 0.3) is 16.7 Å². The molecule has 184 valence electrons. The van der Waals surface area contributed by atoms with Crippen molar-refractivity contribution in [1.82, 2.24) is 29.6 Å². The highest BCUT2D eigenvalue weighted by Crippen LogP contribution is 2.50. The number of nitrogens with zero attached hydrogens (tertiary/aromatic N) is 5. The number of nitrogens with one attached hydrogen (secondary N) is 2. The standard InChI is InChI=1S/C27H28FN7O/c1-4-11-34-24(36)19-15-31-22(13-21(19)35(34)23-7-10-30-25(33-23)26(2,3)28)32-18-5-6-20-17(12-18)14-29-16-27(20)8-9-27/h4-7,10,12-13,15,29H,1,8-9,11,14,16H2,2-3H3,(H,31,32). The van der Waals surface area contributed by atoms with Gasteiger partial charge in [-0.2, -0.15) is 0 Å². The number of hydrogen-bond donors (Lipinski definition) is 2. The Morgan fingerprint density at radius 2 is 2.08 bits per heavy atom. The van der Waals surface area contributed by atoms with E-state index in [1.807, 2.05) is 6.07 Å². The number of halogens is 1. The zero-order chi connectivity index (χ0) is 25.1. The van der Waals surface area contributed by atoms with Gasteiger partial charge in [-0.05, 0) is 49.9 Å². The third kappa shape index (κ3) is 3.71. The molecular weight excluding hydrogens is 457 g/mol. The molecule has 1 aliphatic heterocycles. The summed E-state index contributed by atoms with van der Waals surface area (Å²) in [5.41, 5.74) is 2.66. The molecule has 3 aromatic heterocycles. The van der Waals surface area contributed by atoms with Crippen molar-refractivity contribution < 1.29 is 4.39 Å². The van der Waals surface area contributed by atoms with Gasteiger partial charge in [-0.25, -0.2) is 28.7 Å². The predicted octanol–water partition coefficient (Wildman–Crippen LogP) is 4.25. The van der Waals surface area contributed by atoms with Crippen molar-refractivity contribution in [2.45, 2.75) is 50.9 Å². The van der Waals surface area contributed by atoms with Gasteiger partial charge in [0.05, 0.1) is 17.4 Å². The van der Waals surface area contributed by atoms with E-state index in [9.17, 15) is 9.18 Å². The van der Waals surface area contributed by atoms with Gasteiger partial charge in [0.15, 0.2) is 17.3 Å². The van der Waals surface area contributed by atoms with Crippen LogP contribution >= 0.6 is 0 Å². The lowest BCUT2D eigenvalue weighted by molar-refractivity contribution is 0.206. The van der Waals surface area contributed by atoms with Gasteiger partial charge >= 0.3 is 0 Å². The van der Waals surface area contributed by atoms with E-state index in [4.69, 9.17) is 0 Å². The van der Waals surface area contributed by atoms with E-state index in [2.05, 4.69) is 50.4 Å². The van der Waals surface area contributed by atoms with Crippen LogP contribution in [-0.4, -0.2) is 30.9 Å². The maximum atomic E-state index is 14.6. The Hall–Kier alpha value is -3.85. The summed E-state index contributed by atoms with van der Waals surface area (Å²) in [5.74, 6) is 1.03. The number of aromatic nitrogens is 5. The van der Waals surface area contributed by atoms with Gasteiger partial charge in [-0.3, -0.25) is 4.79 Å². The molecule has 0 unspecified atom stereocenters. The Morgan fingerprint density at radius 1 is 1.25 bits per heavy atom. The van der Waals surface area contributed by atoms with Crippen molar-refractivity contribution in [1.29, 1.82) is 0 Å². The molecule has 2 aliphatic rings. The highest BCUT2D eigenvalue weighted by Gasteiger charge is 2.46. The average Bonchev–Trinajstić information content (AvgIpc) is 3.57. The first-order valence-corrected chi connectivity index (χ1v) is 12.2. The zero-order valence-electron chi connectivity index (χ0n) is 20.4. The van der Waals surface area contributed by atoms with Gasteiger partial charge in [0.1, 0.15) is 5.82 Å². The lowest BCUT2D eigenvalue weighted by Crippen LogP contribution is -2.33. The van der Waals surface area contributed by atoms with E-state index in [1.54, 1.807) is 23.0 Å². The van der Waals surface area contributed by atoms with Crippen LogP contribution < -0.4 is 16.2 Å². The van der Waals surface area contributed by atoms with Crippen LogP contribution in [0.15, 0.2) is 60.2 Å². The maximum Gasteiger partial charge on any atom is 0.276 e. The fraction of sp³-hybridized carbons (Fsp3) is 0.333. The minimum Gasteiger partial charge on any atom is -0.340 e. The molecular formula is C27H28FN7O. The molecule has 36 heavy (non-hydrogen) atoms. The lowest BCUT2D eigenvalue weighted by Gasteiger charge is -2.26. The minimum absolute atomic E-state index is 0.0444. The number of allylic oxidation sites excluding steroid dienone is 1. The van der Waals surface area contributed by atoms with Gasteiger partial charge < -0.3 is 10.6 Å². The number of pyridine rings is 1. The Morgan fingerprint density at radius 3 is 2.83 bits per heavy atom. The molecule has 9 heteroatoms. The zero-order valence-corrected chi connectivity index (χ0v) is 20.4. The molecule has 0 amide bonds. The fourth-order valence-corrected chi connectivity index (χ4v) is 5.11. The monoisotopic (exact) mass is 485 g/mol. The molecule has 4 heterocycles. The lowest BCUT2D eigenvalue weighted by atomic mass is 9.88. The first-order valence-electron chi connectivity index (χ1n) is 12.2. The quantitative estimate of drug-likeness (QED) is 0.397. The summed E-state index contributed by atoms with van der Waals surface area (Å²) in [6.07, 6.45) is 7.18. The molecule has 1 saturated carbocycles. The van der Waals surface area contributed by atoms with E-state index in [-0.39, 0.29) is 17.9 Å². The molecule has 0 saturated heterocycles. The van der Waals surface area contributed by atoms with Crippen molar-refractivity contribution in [3.63, 3.8) is 0 Å². The molecule has 0 radical (unpaired) electrons. The molecule has 2 N–H and O–H groups in total. The van der Waals surface area contributed by atoms with E-state index < -0.39 is 5.67 Å². The molecule has 0 bridgehead atoms. The highest BCUT2D eigenvalue weighted by molar-refractivity contribution is 5.82. The highest BCUT2D eigenvalue weighted by atomic mass is 19.1. The normalized spacial score (nSPS) is 16.2. The van der Waals surface area contributed by atoms with Crippen molar-refractivity contribution in [3.05, 3.63) is 82.7 Å². The van der Waals surface area contributed by atoms with E-state index in [1.165, 1.54) is 48.7 Å². The second kappa shape index (κ2) is 8.09. The Balaban J connectivity index is 1.43. The third-order valence-electron chi connectivity index (χ3n) is 7.09. The molecule has 1 aliphatic carbocycles. The minimum atomic E-state index is -1.73. The Bertz CT molecular complexity index is 1560. The van der Waals surface area contributed by atoms with Gasteiger partial charge in [0, 0.05) is 48.7 Å². The Labute approximate surface area is 207 Å². The molecule has 8 nitrogen and oxygen atoms in total. The Kier molecular flexibility index (Phi) is 5.08. The topological polar surface area (TPSA) is 89.7 Å². The van der Waals surface area contributed by atoms with Crippen molar-refractivity contribution in [2.24, 2.45) is 0 Å². The third-order valence-corrected chi connectivity index (χ3v) is 7.09. The second-order valence-electron chi connectivity index (χ2n) is 10.2. The molecule has 0 atom stereocenters. The summed E-state index contributed by atoms with van der Waals surface area (Å²) < 4.78 is 17.8. The summed E-state index contributed by atoms with van der Waals surface area (Å²) in [4.78, 5) is 26.2. The summed E-state index contributed by atoms with van der Waals surface area (Å²) in [5, 5.41) is 7.37. The van der Waals surface area contributed by atoms with Crippen LogP contribution in [0.2, 0.25) is 0 Å². The van der Waals surface area contributed by atoms with Crippen LogP contribution in [0.1, 0.15) is 43.6 Å². The van der Waals surface area contributed by atoms with Gasteiger partial charge in [-0.15, -0.1) is 6.58 Å². The van der Waals surface area contributed by atoms with Crippen LogP contribution in [0, 0.1) is 0 Å². The number of hydrogen-bond acceptors (Lipinski definition) is 6. The van der Waals surface area contributed by atoms with Gasteiger partial charge in [0.25, 0.3) is 5.56 Å². The van der Waals surface area contributed by atoms with Crippen LogP contribution in [0.5, 0.6) is 0 Å². The number of alkyl halides is 1. The van der Waals surface area contributed by atoms with Crippen molar-refractivity contribution in [3.8, 4) is 5.82 Å². The van der Waals surface area contributed by atoms with Crippen LogP contribution in [0.4, 0.5) is 15.9 Å². The first kappa shape index (κ1) is 22.6. The van der Waals surface area contributed by atoms with Crippen LogP contribution in [0.3, 0.4) is 0 Å². The fourth-order valence-electron chi connectivity index (χ4n) is 5.11. The second-order valence-corrected chi connectivity index (χ2v) is 10.2. The predicted molar refractivity (Wildman–Crippen MR) is 138 cm³/mol. The first-order chi connectivity index (χ1) is 17.3. The summed E-state index contributed by atoms with van der Waals surface area (Å²) >= 11 is 0. The average molecular weight is 486 g/mol. The largest absolute Gasteiger partial charge is 0.340 e. The van der Waals surface area contributed by atoms with Crippen LogP contribution in [-0.2, 0) is 24.2 Å². The number of fused-ring (bicyclic) bond motifs is 3. The summed E-state index contributed by atoms with van der Waals surface area (Å²) in [7, 11) is 0. The molecule has 1 fully saturated rings. The van der Waals surface area contributed by atoms with Crippen molar-refractivity contribution in [2.75, 3.05) is 11.9 Å². The summed E-state index contributed by atoms with van der Waals surface area (Å²) in [6.45, 7) is 8.75. The van der Waals surface area contributed by atoms with Gasteiger partial charge in [0.2, 0.25) is 0 Å².